The van der Waals surface area contributed by atoms with Crippen LogP contribution in [0.5, 0.6) is 0 Å². The van der Waals surface area contributed by atoms with Gasteiger partial charge in [-0.2, -0.15) is 4.91 Å². The van der Waals surface area contributed by atoms with Crippen LogP contribution < -0.4 is 0 Å². The van der Waals surface area contributed by atoms with Crippen molar-refractivity contribution in [3.05, 3.63) is 4.91 Å². The van der Waals surface area contributed by atoms with Gasteiger partial charge in [0.15, 0.2) is 0 Å². The molecular formula is C8H17NO. The molecule has 0 aromatic carbocycles. The quantitative estimate of drug-likeness (QED) is 0.544. The highest BCUT2D eigenvalue weighted by Gasteiger charge is 2.18. The van der Waals surface area contributed by atoms with E-state index in [1.165, 1.54) is 0 Å². The summed E-state index contributed by atoms with van der Waals surface area (Å²) < 4.78 is 0. The molecule has 0 saturated heterocycles. The van der Waals surface area contributed by atoms with Crippen molar-refractivity contribution in [2.24, 2.45) is 10.6 Å². The molecule has 10 heavy (non-hydrogen) atoms. The smallest absolute Gasteiger partial charge is 0.0816 e. The van der Waals surface area contributed by atoms with Crippen molar-refractivity contribution in [1.29, 1.82) is 0 Å². The molecule has 0 spiro atoms. The van der Waals surface area contributed by atoms with Crippen LogP contribution in [-0.2, 0) is 0 Å². The van der Waals surface area contributed by atoms with Crippen LogP contribution >= 0.6 is 0 Å². The molecule has 0 saturated carbocycles. The first-order valence-electron chi connectivity index (χ1n) is 3.97. The van der Waals surface area contributed by atoms with Crippen molar-refractivity contribution in [3.8, 4) is 0 Å². The van der Waals surface area contributed by atoms with Gasteiger partial charge < -0.3 is 0 Å². The van der Waals surface area contributed by atoms with Gasteiger partial charge in [0.2, 0.25) is 0 Å². The van der Waals surface area contributed by atoms with Crippen LogP contribution in [0.15, 0.2) is 5.18 Å². The monoisotopic (exact) mass is 143 g/mol. The molecule has 0 aliphatic rings. The summed E-state index contributed by atoms with van der Waals surface area (Å²) >= 11 is 0. The Bertz CT molecular complexity index is 97.4. The molecular weight excluding hydrogens is 126 g/mol. The van der Waals surface area contributed by atoms with E-state index in [1.54, 1.807) is 0 Å². The van der Waals surface area contributed by atoms with Gasteiger partial charge in [-0.15, -0.1) is 0 Å². The predicted octanol–water partition coefficient (Wildman–Crippen LogP) is 2.97. The Morgan fingerprint density at radius 2 is 1.80 bits per heavy atom. The molecule has 0 N–H and O–H groups in total. The lowest BCUT2D eigenvalue weighted by atomic mass is 9.82. The van der Waals surface area contributed by atoms with Gasteiger partial charge >= 0.3 is 0 Å². The maximum atomic E-state index is 9.83. The summed E-state index contributed by atoms with van der Waals surface area (Å²) in [6.45, 7) is 7.00. The van der Waals surface area contributed by atoms with Crippen LogP contribution in [0.1, 0.15) is 40.0 Å². The second-order valence-corrected chi connectivity index (χ2v) is 3.12. The Morgan fingerprint density at radius 3 is 2.10 bits per heavy atom. The predicted molar refractivity (Wildman–Crippen MR) is 44.0 cm³/mol. The first-order chi connectivity index (χ1) is 4.68. The molecule has 0 amide bonds. The number of nitrogens with zero attached hydrogens (tertiary/aromatic N) is 1. The van der Waals surface area contributed by atoms with Crippen LogP contribution in [-0.4, -0.2) is 6.54 Å². The number of hydrogen-bond donors (Lipinski definition) is 0. The van der Waals surface area contributed by atoms with E-state index < -0.39 is 0 Å². The highest BCUT2D eigenvalue weighted by atomic mass is 16.3. The first kappa shape index (κ1) is 9.60. The molecule has 0 atom stereocenters. The van der Waals surface area contributed by atoms with Gasteiger partial charge in [-0.05, 0) is 11.8 Å². The van der Waals surface area contributed by atoms with Crippen molar-refractivity contribution in [2.75, 3.05) is 6.54 Å². The average molecular weight is 143 g/mol. The van der Waals surface area contributed by atoms with Crippen LogP contribution in [0.2, 0.25) is 0 Å². The molecule has 0 aliphatic carbocycles. The van der Waals surface area contributed by atoms with Gasteiger partial charge in [-0.3, -0.25) is 0 Å². The third kappa shape index (κ3) is 2.95. The topological polar surface area (TPSA) is 29.4 Å². The summed E-state index contributed by atoms with van der Waals surface area (Å²) in [5.41, 5.74) is 0.341. The van der Waals surface area contributed by atoms with Gasteiger partial charge in [0.05, 0.1) is 6.54 Å². The Labute approximate surface area is 63.0 Å². The van der Waals surface area contributed by atoms with Gasteiger partial charge in [-0.25, -0.2) is 0 Å². The SMILES string of the molecule is CCC(C)(CC)CCN=O. The maximum Gasteiger partial charge on any atom is 0.0816 e. The zero-order chi connectivity index (χ0) is 8.04. The highest BCUT2D eigenvalue weighted by molar-refractivity contribution is 4.71. The standard InChI is InChI=1S/C8H17NO/c1-4-8(3,5-2)6-7-9-10/h4-7H2,1-3H3. The van der Waals surface area contributed by atoms with Crippen LogP contribution in [0.25, 0.3) is 0 Å². The third-order valence-electron chi connectivity index (χ3n) is 2.51. The summed E-state index contributed by atoms with van der Waals surface area (Å²) in [6.07, 6.45) is 3.21. The molecule has 0 rings (SSSR count). The van der Waals surface area contributed by atoms with Crippen LogP contribution in [0, 0.1) is 10.3 Å². The zero-order valence-electron chi connectivity index (χ0n) is 7.18. The number of hydrogen-bond acceptors (Lipinski definition) is 2. The van der Waals surface area contributed by atoms with Gasteiger partial charge in [0.25, 0.3) is 0 Å². The average Bonchev–Trinajstić information content (AvgIpc) is 2.00. The van der Waals surface area contributed by atoms with E-state index in [0.29, 0.717) is 12.0 Å². The molecule has 60 valence electrons. The lowest BCUT2D eigenvalue weighted by Gasteiger charge is -2.24. The highest BCUT2D eigenvalue weighted by Crippen LogP contribution is 2.29. The summed E-state index contributed by atoms with van der Waals surface area (Å²) in [4.78, 5) is 9.83. The third-order valence-corrected chi connectivity index (χ3v) is 2.51. The normalized spacial score (nSPS) is 11.5. The molecule has 2 heteroatoms. The number of nitroso groups, excluding NO2 is 1. The molecule has 0 aromatic rings. The first-order valence-corrected chi connectivity index (χ1v) is 3.97. The Morgan fingerprint density at radius 1 is 1.30 bits per heavy atom. The van der Waals surface area contributed by atoms with Gasteiger partial charge in [0.1, 0.15) is 0 Å². The van der Waals surface area contributed by atoms with E-state index in [9.17, 15) is 4.91 Å². The summed E-state index contributed by atoms with van der Waals surface area (Å²) in [6, 6.07) is 0. The fraction of sp³-hybridized carbons (Fsp3) is 1.00. The van der Waals surface area contributed by atoms with Crippen molar-refractivity contribution in [1.82, 2.24) is 0 Å². The lowest BCUT2D eigenvalue weighted by molar-refractivity contribution is 0.278. The Kier molecular flexibility index (Phi) is 4.24. The lowest BCUT2D eigenvalue weighted by Crippen LogP contribution is -2.14. The molecule has 0 fully saturated rings. The van der Waals surface area contributed by atoms with Crippen molar-refractivity contribution < 1.29 is 0 Å². The van der Waals surface area contributed by atoms with E-state index in [4.69, 9.17) is 0 Å². The molecule has 0 radical (unpaired) electrons. The second kappa shape index (κ2) is 4.42. The molecule has 0 aromatic heterocycles. The van der Waals surface area contributed by atoms with E-state index in [0.717, 1.165) is 19.3 Å². The van der Waals surface area contributed by atoms with Crippen molar-refractivity contribution >= 4 is 0 Å². The van der Waals surface area contributed by atoms with E-state index in [-0.39, 0.29) is 0 Å². The maximum absolute atomic E-state index is 9.83. The largest absolute Gasteiger partial charge is 0.151 e. The van der Waals surface area contributed by atoms with E-state index in [1.807, 2.05) is 0 Å². The minimum absolute atomic E-state index is 0.341. The van der Waals surface area contributed by atoms with Crippen molar-refractivity contribution in [2.45, 2.75) is 40.0 Å². The fourth-order valence-electron chi connectivity index (χ4n) is 0.919. The van der Waals surface area contributed by atoms with Gasteiger partial charge in [-0.1, -0.05) is 38.8 Å². The van der Waals surface area contributed by atoms with Gasteiger partial charge in [0, 0.05) is 0 Å². The number of rotatable bonds is 5. The van der Waals surface area contributed by atoms with Crippen LogP contribution in [0.4, 0.5) is 0 Å². The minimum atomic E-state index is 0.341. The second-order valence-electron chi connectivity index (χ2n) is 3.12. The molecule has 2 nitrogen and oxygen atoms in total. The Hall–Kier alpha value is -0.400. The zero-order valence-corrected chi connectivity index (χ0v) is 7.18. The van der Waals surface area contributed by atoms with E-state index in [2.05, 4.69) is 25.9 Å². The van der Waals surface area contributed by atoms with Crippen LogP contribution in [0.3, 0.4) is 0 Å². The molecule has 0 heterocycles. The molecule has 0 bridgehead atoms. The minimum Gasteiger partial charge on any atom is -0.151 e. The van der Waals surface area contributed by atoms with Crippen molar-refractivity contribution in [3.63, 3.8) is 0 Å². The fourth-order valence-corrected chi connectivity index (χ4v) is 0.919. The summed E-state index contributed by atoms with van der Waals surface area (Å²) in [7, 11) is 0. The molecule has 0 aliphatic heterocycles. The molecule has 0 unspecified atom stereocenters. The summed E-state index contributed by atoms with van der Waals surface area (Å²) in [5, 5.41) is 2.87. The van der Waals surface area contributed by atoms with E-state index >= 15 is 0 Å². The Balaban J connectivity index is 3.68. The summed E-state index contributed by atoms with van der Waals surface area (Å²) in [5.74, 6) is 0.